The highest BCUT2D eigenvalue weighted by atomic mass is 32.2. The normalized spacial score (nSPS) is 16.1. The zero-order valence-corrected chi connectivity index (χ0v) is 15.9. The third kappa shape index (κ3) is 8.16. The molecule has 0 aliphatic carbocycles. The fourth-order valence-corrected chi connectivity index (χ4v) is 3.11. The molecule has 0 spiro atoms. The van der Waals surface area contributed by atoms with Crippen molar-refractivity contribution in [3.8, 4) is 0 Å². The van der Waals surface area contributed by atoms with E-state index >= 15 is 0 Å². The van der Waals surface area contributed by atoms with E-state index in [1.54, 1.807) is 11.8 Å². The van der Waals surface area contributed by atoms with Crippen LogP contribution in [-0.4, -0.2) is 74.3 Å². The lowest BCUT2D eigenvalue weighted by atomic mass is 9.96. The second-order valence-corrected chi connectivity index (χ2v) is 7.45. The molecule has 0 aliphatic heterocycles. The number of benzene rings is 1. The number of rotatable bonds is 13. The first-order chi connectivity index (χ1) is 12.4. The summed E-state index contributed by atoms with van der Waals surface area (Å²) in [5.74, 6) is 1.18. The monoisotopic (exact) mass is 386 g/mol. The molecule has 0 radical (unpaired) electrons. The van der Waals surface area contributed by atoms with Gasteiger partial charge in [-0.1, -0.05) is 24.3 Å². The Morgan fingerprint density at radius 1 is 1.08 bits per heavy atom. The van der Waals surface area contributed by atoms with Crippen LogP contribution in [0.4, 0.5) is 0 Å². The molecule has 4 atom stereocenters. The fourth-order valence-electron chi connectivity index (χ4n) is 2.67. The molecule has 148 valence electrons. The van der Waals surface area contributed by atoms with Crippen molar-refractivity contribution < 1.29 is 30.3 Å². The molecule has 2 unspecified atom stereocenters. The van der Waals surface area contributed by atoms with Crippen molar-refractivity contribution in [2.75, 3.05) is 18.6 Å². The van der Waals surface area contributed by atoms with Crippen molar-refractivity contribution in [1.82, 2.24) is 0 Å². The summed E-state index contributed by atoms with van der Waals surface area (Å²) < 4.78 is 0. The van der Waals surface area contributed by atoms with Crippen molar-refractivity contribution in [3.05, 3.63) is 35.4 Å². The van der Waals surface area contributed by atoms with Gasteiger partial charge in [0.1, 0.15) is 24.1 Å². The van der Waals surface area contributed by atoms with Crippen LogP contribution in [0.3, 0.4) is 0 Å². The Bertz CT molecular complexity index is 539. The first kappa shape index (κ1) is 23.1. The Morgan fingerprint density at radius 3 is 2.38 bits per heavy atom. The largest absolute Gasteiger partial charge is 0.394 e. The van der Waals surface area contributed by atoms with Gasteiger partial charge in [-0.05, 0) is 42.4 Å². The Hall–Kier alpha value is -0.960. The second-order valence-electron chi connectivity index (χ2n) is 6.47. The van der Waals surface area contributed by atoms with Crippen LogP contribution in [0.2, 0.25) is 0 Å². The summed E-state index contributed by atoms with van der Waals surface area (Å²) in [5.41, 5.74) is 1.84. The molecule has 6 nitrogen and oxygen atoms in total. The van der Waals surface area contributed by atoms with Gasteiger partial charge in [0.05, 0.1) is 12.7 Å². The first-order valence-electron chi connectivity index (χ1n) is 8.80. The van der Waals surface area contributed by atoms with Crippen LogP contribution in [-0.2, 0) is 17.6 Å². The van der Waals surface area contributed by atoms with Crippen molar-refractivity contribution in [2.45, 2.75) is 56.5 Å². The second kappa shape index (κ2) is 12.4. The maximum Gasteiger partial charge on any atom is 0.137 e. The number of ketones is 1. The minimum absolute atomic E-state index is 0.182. The lowest BCUT2D eigenvalue weighted by Crippen LogP contribution is -2.45. The third-order valence-corrected chi connectivity index (χ3v) is 4.95. The standard InChI is InChI=1S/C19H30O6S/c1-26-9-3-6-15(21)11-14-5-2-4-13(10-14)7-8-16(22)18(24)19(25)17(23)12-20/h2,4-5,10,16-20,22-25H,3,6-9,11-12H2,1H3/t16?,17?,18-,19+/m0/s1. The van der Waals surface area contributed by atoms with E-state index in [1.165, 1.54) is 0 Å². The lowest BCUT2D eigenvalue weighted by molar-refractivity contribution is -0.118. The number of aryl methyl sites for hydroxylation is 1. The average molecular weight is 387 g/mol. The molecule has 0 aliphatic rings. The van der Waals surface area contributed by atoms with Crippen LogP contribution in [0.25, 0.3) is 0 Å². The van der Waals surface area contributed by atoms with Crippen molar-refractivity contribution >= 4 is 17.5 Å². The van der Waals surface area contributed by atoms with Gasteiger partial charge in [0.25, 0.3) is 0 Å². The smallest absolute Gasteiger partial charge is 0.137 e. The number of hydrogen-bond acceptors (Lipinski definition) is 7. The van der Waals surface area contributed by atoms with Gasteiger partial charge in [-0.15, -0.1) is 0 Å². The molecule has 1 aromatic rings. The summed E-state index contributed by atoms with van der Waals surface area (Å²) in [4.78, 5) is 12.0. The molecule has 0 saturated carbocycles. The number of hydrogen-bond donors (Lipinski definition) is 5. The number of carbonyl (C=O) groups is 1. The minimum Gasteiger partial charge on any atom is -0.394 e. The summed E-state index contributed by atoms with van der Waals surface area (Å²) in [6.45, 7) is -0.696. The highest BCUT2D eigenvalue weighted by molar-refractivity contribution is 7.98. The van der Waals surface area contributed by atoms with Gasteiger partial charge >= 0.3 is 0 Å². The molecule has 0 bridgehead atoms. The number of Topliss-reactive ketones (excluding diaryl/α,β-unsaturated/α-hetero) is 1. The molecule has 0 heterocycles. The number of aliphatic hydroxyl groups excluding tert-OH is 5. The van der Waals surface area contributed by atoms with Crippen LogP contribution >= 0.6 is 11.8 Å². The summed E-state index contributed by atoms with van der Waals surface area (Å²) >= 11 is 1.73. The van der Waals surface area contributed by atoms with Crippen molar-refractivity contribution in [1.29, 1.82) is 0 Å². The highest BCUT2D eigenvalue weighted by Crippen LogP contribution is 2.14. The molecule has 1 rings (SSSR count). The van der Waals surface area contributed by atoms with E-state index in [9.17, 15) is 25.2 Å². The molecular formula is C19H30O6S. The van der Waals surface area contributed by atoms with Crippen LogP contribution in [0.1, 0.15) is 30.4 Å². The van der Waals surface area contributed by atoms with Crippen LogP contribution in [0, 0.1) is 0 Å². The molecule has 0 aromatic heterocycles. The van der Waals surface area contributed by atoms with E-state index < -0.39 is 31.0 Å². The number of thioether (sulfide) groups is 1. The van der Waals surface area contributed by atoms with Gasteiger partial charge in [0.15, 0.2) is 0 Å². The zero-order valence-electron chi connectivity index (χ0n) is 15.1. The molecule has 5 N–H and O–H groups in total. The number of carbonyl (C=O) groups excluding carboxylic acids is 1. The molecular weight excluding hydrogens is 356 g/mol. The molecule has 0 fully saturated rings. The lowest BCUT2D eigenvalue weighted by Gasteiger charge is -2.25. The summed E-state index contributed by atoms with van der Waals surface area (Å²) in [6.07, 6.45) is -1.40. The highest BCUT2D eigenvalue weighted by Gasteiger charge is 2.29. The molecule has 1 aromatic carbocycles. The van der Waals surface area contributed by atoms with Gasteiger partial charge in [-0.25, -0.2) is 0 Å². The van der Waals surface area contributed by atoms with E-state index in [0.29, 0.717) is 19.3 Å². The summed E-state index contributed by atoms with van der Waals surface area (Å²) in [7, 11) is 0. The van der Waals surface area contributed by atoms with Gasteiger partial charge in [-0.3, -0.25) is 4.79 Å². The van der Waals surface area contributed by atoms with Crippen molar-refractivity contribution in [2.24, 2.45) is 0 Å². The van der Waals surface area contributed by atoms with E-state index in [0.717, 1.165) is 23.3 Å². The van der Waals surface area contributed by atoms with E-state index in [-0.39, 0.29) is 12.2 Å². The Morgan fingerprint density at radius 2 is 1.73 bits per heavy atom. The zero-order chi connectivity index (χ0) is 19.5. The van der Waals surface area contributed by atoms with Gasteiger partial charge in [0.2, 0.25) is 0 Å². The maximum atomic E-state index is 12.0. The van der Waals surface area contributed by atoms with E-state index in [1.807, 2.05) is 30.5 Å². The first-order valence-corrected chi connectivity index (χ1v) is 10.2. The average Bonchev–Trinajstić information content (AvgIpc) is 2.64. The Labute approximate surface area is 158 Å². The molecule has 7 heteroatoms. The predicted octanol–water partition coefficient (Wildman–Crippen LogP) is 0.310. The van der Waals surface area contributed by atoms with Crippen LogP contribution < -0.4 is 0 Å². The summed E-state index contributed by atoms with van der Waals surface area (Å²) in [5, 5.41) is 47.5. The minimum atomic E-state index is -1.61. The Kier molecular flexibility index (Phi) is 11.0. The van der Waals surface area contributed by atoms with E-state index in [2.05, 4.69) is 0 Å². The quantitative estimate of drug-likeness (QED) is 0.310. The molecule has 0 saturated heterocycles. The Balaban J connectivity index is 2.51. The van der Waals surface area contributed by atoms with Crippen LogP contribution in [0.5, 0.6) is 0 Å². The van der Waals surface area contributed by atoms with Crippen molar-refractivity contribution in [3.63, 3.8) is 0 Å². The number of aliphatic hydroxyl groups is 5. The molecule has 0 amide bonds. The SMILES string of the molecule is CSCCCC(=O)Cc1cccc(CCC(O)[C@H](O)[C@H](O)C(O)CO)c1. The third-order valence-electron chi connectivity index (χ3n) is 4.25. The fraction of sp³-hybridized carbons (Fsp3) is 0.632. The van der Waals surface area contributed by atoms with Gasteiger partial charge in [0, 0.05) is 12.8 Å². The van der Waals surface area contributed by atoms with Gasteiger partial charge in [-0.2, -0.15) is 11.8 Å². The maximum absolute atomic E-state index is 12.0. The van der Waals surface area contributed by atoms with Gasteiger partial charge < -0.3 is 25.5 Å². The predicted molar refractivity (Wildman–Crippen MR) is 102 cm³/mol. The molecule has 26 heavy (non-hydrogen) atoms. The van der Waals surface area contributed by atoms with E-state index in [4.69, 9.17) is 5.11 Å². The van der Waals surface area contributed by atoms with Crippen LogP contribution in [0.15, 0.2) is 24.3 Å². The topological polar surface area (TPSA) is 118 Å². The summed E-state index contributed by atoms with van der Waals surface area (Å²) in [6, 6.07) is 7.53.